The molecule has 6 nitrogen and oxygen atoms in total. The summed E-state index contributed by atoms with van der Waals surface area (Å²) in [6, 6.07) is 0. The van der Waals surface area contributed by atoms with Crippen molar-refractivity contribution in [3.63, 3.8) is 0 Å². The second-order valence-electron chi connectivity index (χ2n) is 11.5. The molecule has 0 radical (unpaired) electrons. The number of aliphatic hydroxyl groups excluding tert-OH is 2. The summed E-state index contributed by atoms with van der Waals surface area (Å²) in [5.74, 6) is -2.99. The van der Waals surface area contributed by atoms with Crippen LogP contribution in [-0.2, 0) is 19.0 Å². The minimum absolute atomic E-state index is 0.0855. The molecule has 3 aliphatic heterocycles. The first-order valence-corrected chi connectivity index (χ1v) is 11.1. The minimum Gasteiger partial charge on any atom is -0.392 e. The van der Waals surface area contributed by atoms with Crippen LogP contribution in [0.5, 0.6) is 0 Å². The first kappa shape index (κ1) is 18.9. The number of hydrogen-bond donors (Lipinski definition) is 2. The summed E-state index contributed by atoms with van der Waals surface area (Å²) in [7, 11) is 0. The number of hydrogen-bond acceptors (Lipinski definition) is 6. The number of ether oxygens (including phenoxy) is 3. The molecule has 4 aliphatic carbocycles. The lowest BCUT2D eigenvalue weighted by atomic mass is 9.35. The van der Waals surface area contributed by atoms with E-state index in [0.717, 1.165) is 19.3 Å². The van der Waals surface area contributed by atoms with Gasteiger partial charge in [-0.2, -0.15) is 0 Å². The zero-order chi connectivity index (χ0) is 20.8. The molecule has 4 bridgehead atoms. The molecule has 7 fully saturated rings. The van der Waals surface area contributed by atoms with Crippen molar-refractivity contribution in [2.45, 2.75) is 83.3 Å². The molecule has 3 saturated heterocycles. The number of fused-ring (bicyclic) bond motifs is 1. The van der Waals surface area contributed by atoms with Crippen molar-refractivity contribution in [2.24, 2.45) is 34.0 Å². The van der Waals surface area contributed by atoms with Crippen molar-refractivity contribution in [1.82, 2.24) is 0 Å². The lowest BCUT2D eigenvalue weighted by molar-refractivity contribution is -0.534. The van der Waals surface area contributed by atoms with E-state index in [1.807, 2.05) is 13.8 Å². The molecular weight excluding hydrogens is 372 g/mol. The molecule has 7 rings (SSSR count). The monoisotopic (exact) mass is 404 g/mol. The molecule has 29 heavy (non-hydrogen) atoms. The fourth-order valence-electron chi connectivity index (χ4n) is 8.88. The molecule has 0 aromatic rings. The normalized spacial score (nSPS) is 58.7. The smallest absolute Gasteiger partial charge is 0.213 e. The van der Waals surface area contributed by atoms with Crippen LogP contribution in [0.1, 0.15) is 53.4 Å². The molecule has 3 spiro atoms. The average molecular weight is 405 g/mol. The molecule has 6 heteroatoms. The topological polar surface area (TPSA) is 85.2 Å². The van der Waals surface area contributed by atoms with Gasteiger partial charge in [-0.1, -0.05) is 20.4 Å². The van der Waals surface area contributed by atoms with Crippen LogP contribution < -0.4 is 0 Å². The van der Waals surface area contributed by atoms with E-state index in [4.69, 9.17) is 14.2 Å². The average Bonchev–Trinajstić information content (AvgIpc) is 2.75. The Morgan fingerprint density at radius 1 is 1.10 bits per heavy atom. The van der Waals surface area contributed by atoms with Crippen LogP contribution in [-0.4, -0.2) is 52.5 Å². The van der Waals surface area contributed by atoms with Gasteiger partial charge in [0.2, 0.25) is 5.79 Å². The minimum atomic E-state index is -1.46. The largest absolute Gasteiger partial charge is 0.392 e. The Balaban J connectivity index is 1.68. The van der Waals surface area contributed by atoms with Crippen molar-refractivity contribution < 1.29 is 29.2 Å². The van der Waals surface area contributed by atoms with Gasteiger partial charge in [0.05, 0.1) is 18.8 Å². The van der Waals surface area contributed by atoms with E-state index in [0.29, 0.717) is 18.6 Å². The first-order valence-electron chi connectivity index (χ1n) is 11.1. The van der Waals surface area contributed by atoms with Gasteiger partial charge < -0.3 is 24.4 Å². The van der Waals surface area contributed by atoms with Gasteiger partial charge in [0.25, 0.3) is 0 Å². The third-order valence-corrected chi connectivity index (χ3v) is 9.62. The maximum absolute atomic E-state index is 13.9. The van der Waals surface area contributed by atoms with Crippen LogP contribution >= 0.6 is 0 Å². The molecular formula is C23H32O6. The van der Waals surface area contributed by atoms with E-state index in [1.54, 1.807) is 0 Å². The number of ketones is 1. The molecule has 0 aromatic heterocycles. The molecule has 3 heterocycles. The van der Waals surface area contributed by atoms with Crippen LogP contribution in [0, 0.1) is 34.0 Å². The third-order valence-electron chi connectivity index (χ3n) is 9.62. The number of rotatable bonds is 0. The van der Waals surface area contributed by atoms with Crippen molar-refractivity contribution >= 4 is 5.78 Å². The molecule has 7 aliphatic rings. The highest BCUT2D eigenvalue weighted by molar-refractivity contribution is 6.05. The summed E-state index contributed by atoms with van der Waals surface area (Å²) < 4.78 is 19.3. The molecule has 4 saturated carbocycles. The molecule has 160 valence electrons. The lowest BCUT2D eigenvalue weighted by Crippen LogP contribution is -2.88. The van der Waals surface area contributed by atoms with Crippen molar-refractivity contribution in [1.29, 1.82) is 0 Å². The molecule has 0 aromatic carbocycles. The van der Waals surface area contributed by atoms with E-state index in [1.165, 1.54) is 0 Å². The van der Waals surface area contributed by atoms with Crippen molar-refractivity contribution in [2.75, 3.05) is 6.61 Å². The van der Waals surface area contributed by atoms with Crippen LogP contribution in [0.25, 0.3) is 0 Å². The summed E-state index contributed by atoms with van der Waals surface area (Å²) in [6.07, 6.45) is 0.996. The van der Waals surface area contributed by atoms with Crippen LogP contribution in [0.15, 0.2) is 12.2 Å². The van der Waals surface area contributed by atoms with Crippen LogP contribution in [0.4, 0.5) is 0 Å². The van der Waals surface area contributed by atoms with E-state index < -0.39 is 40.7 Å². The summed E-state index contributed by atoms with van der Waals surface area (Å²) >= 11 is 0. The Kier molecular flexibility index (Phi) is 3.26. The van der Waals surface area contributed by atoms with Gasteiger partial charge in [0.1, 0.15) is 11.5 Å². The zero-order valence-corrected chi connectivity index (χ0v) is 17.7. The second-order valence-corrected chi connectivity index (χ2v) is 11.5. The highest BCUT2D eigenvalue weighted by Gasteiger charge is 2.89. The molecule has 2 N–H and O–H groups in total. The number of Topliss-reactive ketones (excluding diaryl/α,β-unsaturated/α-hetero) is 1. The van der Waals surface area contributed by atoms with Gasteiger partial charge in [0.15, 0.2) is 11.6 Å². The van der Waals surface area contributed by atoms with E-state index in [9.17, 15) is 15.0 Å². The van der Waals surface area contributed by atoms with Crippen LogP contribution in [0.2, 0.25) is 0 Å². The highest BCUT2D eigenvalue weighted by Crippen LogP contribution is 2.79. The Morgan fingerprint density at radius 2 is 1.83 bits per heavy atom. The number of aliphatic hydroxyl groups is 2. The van der Waals surface area contributed by atoms with Gasteiger partial charge in [-0.05, 0) is 56.4 Å². The first-order chi connectivity index (χ1) is 13.5. The summed E-state index contributed by atoms with van der Waals surface area (Å²) in [4.78, 5) is 13.9. The Labute approximate surface area is 171 Å². The zero-order valence-electron chi connectivity index (χ0n) is 17.7. The Hall–Kier alpha value is -0.790. The fraction of sp³-hybridized carbons (Fsp3) is 0.870. The van der Waals surface area contributed by atoms with E-state index >= 15 is 0 Å². The standard InChI is InChI=1S/C23H32O6/c1-11-12-6-7-13-21-10-27-23(17(26)15(21)19(2,3)9-8-14(21)24)22(13,16(11)25)18(12)28-20(4,5)29-23/h12-15,17-18,24,26H,1,6-10H2,2-5H3/t12-,13-,14-,15+,17-,18+,21+,22-,23-/m0/s1. The van der Waals surface area contributed by atoms with Crippen molar-refractivity contribution in [3.8, 4) is 0 Å². The predicted molar refractivity (Wildman–Crippen MR) is 102 cm³/mol. The lowest BCUT2D eigenvalue weighted by Gasteiger charge is -2.77. The number of carbonyl (C=O) groups is 1. The molecule has 0 unspecified atom stereocenters. The van der Waals surface area contributed by atoms with Gasteiger partial charge in [-0.3, -0.25) is 4.79 Å². The Morgan fingerprint density at radius 3 is 2.55 bits per heavy atom. The predicted octanol–water partition coefficient (Wildman–Crippen LogP) is 2.17. The number of carbonyl (C=O) groups excluding carboxylic acids is 1. The molecule has 0 amide bonds. The highest BCUT2D eigenvalue weighted by atomic mass is 16.8. The maximum atomic E-state index is 13.9. The van der Waals surface area contributed by atoms with Crippen LogP contribution in [0.3, 0.4) is 0 Å². The van der Waals surface area contributed by atoms with Gasteiger partial charge >= 0.3 is 0 Å². The maximum Gasteiger partial charge on any atom is 0.213 e. The van der Waals surface area contributed by atoms with E-state index in [2.05, 4.69) is 20.4 Å². The summed E-state index contributed by atoms with van der Waals surface area (Å²) in [5, 5.41) is 23.3. The van der Waals surface area contributed by atoms with Gasteiger partial charge in [-0.15, -0.1) is 0 Å². The fourth-order valence-corrected chi connectivity index (χ4v) is 8.88. The van der Waals surface area contributed by atoms with E-state index in [-0.39, 0.29) is 29.0 Å². The quantitative estimate of drug-likeness (QED) is 0.602. The SMILES string of the molecule is C=C1C(=O)[C@@]23[C@@H]4OC(C)(C)O[C@]25OC[C@@]2([C@H]([C@@H]5O)C(C)(C)CC[C@@H]2O)[C@@H]3CC[C@@H]14. The molecule has 9 atom stereocenters. The summed E-state index contributed by atoms with van der Waals surface area (Å²) in [6.45, 7) is 12.4. The second kappa shape index (κ2) is 4.99. The van der Waals surface area contributed by atoms with Gasteiger partial charge in [0, 0.05) is 17.3 Å². The van der Waals surface area contributed by atoms with Gasteiger partial charge in [-0.25, -0.2) is 0 Å². The van der Waals surface area contributed by atoms with Crippen molar-refractivity contribution in [3.05, 3.63) is 12.2 Å². The summed E-state index contributed by atoms with van der Waals surface area (Å²) in [5.41, 5.74) is -1.45. The Bertz CT molecular complexity index is 833. The third kappa shape index (κ3) is 1.69.